The van der Waals surface area contributed by atoms with E-state index >= 15 is 0 Å². The van der Waals surface area contributed by atoms with Gasteiger partial charge in [0.15, 0.2) is 0 Å². The van der Waals surface area contributed by atoms with E-state index in [-0.39, 0.29) is 13.0 Å². The molecular weight excluding hydrogens is 327 g/mol. The molecule has 1 unspecified atom stereocenters. The molecule has 0 bridgehead atoms. The lowest BCUT2D eigenvalue weighted by Gasteiger charge is -2.24. The van der Waals surface area contributed by atoms with Gasteiger partial charge in [0.05, 0.1) is 5.60 Å². The molecule has 1 heterocycles. The van der Waals surface area contributed by atoms with Crippen molar-refractivity contribution >= 4 is 35.1 Å². The van der Waals surface area contributed by atoms with Crippen LogP contribution in [0.5, 0.6) is 0 Å². The minimum Gasteiger partial charge on any atom is -0.390 e. The van der Waals surface area contributed by atoms with Crippen molar-refractivity contribution in [1.82, 2.24) is 10.2 Å². The van der Waals surface area contributed by atoms with Crippen molar-refractivity contribution in [3.05, 3.63) is 33.8 Å². The van der Waals surface area contributed by atoms with Crippen LogP contribution in [-0.2, 0) is 10.3 Å². The first-order valence-corrected chi connectivity index (χ1v) is 7.62. The smallest absolute Gasteiger partial charge is 0.325 e. The molecule has 1 aromatic rings. The number of rotatable bonds is 4. The highest BCUT2D eigenvalue weighted by Crippen LogP contribution is 2.35. The minimum absolute atomic E-state index is 0.134. The van der Waals surface area contributed by atoms with Gasteiger partial charge in [-0.3, -0.25) is 9.69 Å². The van der Waals surface area contributed by atoms with Gasteiger partial charge in [-0.2, -0.15) is 0 Å². The number of nitrogens with zero attached hydrogens (tertiary/aromatic N) is 1. The third-order valence-corrected chi connectivity index (χ3v) is 4.24. The highest BCUT2D eigenvalue weighted by molar-refractivity contribution is 6.35. The molecular formula is C15H18Cl2N2O3. The standard InChI is InChI=1S/C15H18Cl2N2O3/c1-14(2,22)6-7-19-12(20)15(3,18-13(19)21)10-5-4-9(16)8-11(10)17/h4-5,8,22H,6-7H2,1-3H3,(H,18,21). The Kier molecular flexibility index (Phi) is 4.44. The molecule has 2 rings (SSSR count). The van der Waals surface area contributed by atoms with E-state index in [2.05, 4.69) is 5.32 Å². The van der Waals surface area contributed by atoms with Gasteiger partial charge in [0.25, 0.3) is 5.91 Å². The Hall–Kier alpha value is -1.30. The fourth-order valence-corrected chi connectivity index (χ4v) is 2.96. The summed E-state index contributed by atoms with van der Waals surface area (Å²) in [5.74, 6) is -0.397. The zero-order valence-corrected chi connectivity index (χ0v) is 14.1. The SMILES string of the molecule is CC(C)(O)CCN1C(=O)NC(C)(c2ccc(Cl)cc2Cl)C1=O. The molecule has 1 aliphatic rings. The lowest BCUT2D eigenvalue weighted by atomic mass is 9.92. The Morgan fingerprint density at radius 1 is 1.32 bits per heavy atom. The van der Waals surface area contributed by atoms with Crippen LogP contribution in [0.2, 0.25) is 10.0 Å². The van der Waals surface area contributed by atoms with Gasteiger partial charge in [0.2, 0.25) is 0 Å². The molecule has 0 aliphatic carbocycles. The van der Waals surface area contributed by atoms with Crippen LogP contribution in [0.1, 0.15) is 32.8 Å². The molecule has 120 valence electrons. The number of hydrogen-bond donors (Lipinski definition) is 2. The molecule has 5 nitrogen and oxygen atoms in total. The van der Waals surface area contributed by atoms with Crippen molar-refractivity contribution in [2.45, 2.75) is 38.3 Å². The summed E-state index contributed by atoms with van der Waals surface area (Å²) in [4.78, 5) is 25.9. The van der Waals surface area contributed by atoms with Crippen LogP contribution < -0.4 is 5.32 Å². The van der Waals surface area contributed by atoms with Crippen LogP contribution in [0, 0.1) is 0 Å². The molecule has 3 amide bonds. The quantitative estimate of drug-likeness (QED) is 0.825. The highest BCUT2D eigenvalue weighted by atomic mass is 35.5. The summed E-state index contributed by atoms with van der Waals surface area (Å²) < 4.78 is 0. The average molecular weight is 345 g/mol. The van der Waals surface area contributed by atoms with Gasteiger partial charge in [-0.05, 0) is 39.3 Å². The number of urea groups is 1. The first-order chi connectivity index (χ1) is 10.0. The summed E-state index contributed by atoms with van der Waals surface area (Å²) in [5, 5.41) is 13.2. The molecule has 1 fully saturated rings. The van der Waals surface area contributed by atoms with Crippen molar-refractivity contribution in [3.63, 3.8) is 0 Å². The maximum absolute atomic E-state index is 12.7. The molecule has 1 aliphatic heterocycles. The fraction of sp³-hybridized carbons (Fsp3) is 0.467. The summed E-state index contributed by atoms with van der Waals surface area (Å²) in [6, 6.07) is 4.28. The number of imide groups is 1. The minimum atomic E-state index is -1.24. The number of halogens is 2. The van der Waals surface area contributed by atoms with E-state index in [0.717, 1.165) is 4.90 Å². The van der Waals surface area contributed by atoms with Gasteiger partial charge >= 0.3 is 6.03 Å². The van der Waals surface area contributed by atoms with Crippen molar-refractivity contribution in [1.29, 1.82) is 0 Å². The van der Waals surface area contributed by atoms with Crippen molar-refractivity contribution in [3.8, 4) is 0 Å². The van der Waals surface area contributed by atoms with Crippen LogP contribution in [0.4, 0.5) is 4.79 Å². The summed E-state index contributed by atoms with van der Waals surface area (Å²) in [6.45, 7) is 4.99. The van der Waals surface area contributed by atoms with Gasteiger partial charge in [-0.1, -0.05) is 29.3 Å². The Bertz CT molecular complexity index is 628. The Morgan fingerprint density at radius 2 is 1.95 bits per heavy atom. The van der Waals surface area contributed by atoms with Crippen LogP contribution >= 0.6 is 23.2 Å². The summed E-state index contributed by atoms with van der Waals surface area (Å²) in [6.07, 6.45) is 0.288. The predicted molar refractivity (Wildman–Crippen MR) is 85.0 cm³/mol. The molecule has 1 aromatic carbocycles. The molecule has 0 radical (unpaired) electrons. The van der Waals surface area contributed by atoms with Crippen LogP contribution in [0.25, 0.3) is 0 Å². The largest absolute Gasteiger partial charge is 0.390 e. The van der Waals surface area contributed by atoms with E-state index in [1.54, 1.807) is 32.9 Å². The molecule has 7 heteroatoms. The van der Waals surface area contributed by atoms with Gasteiger partial charge in [-0.15, -0.1) is 0 Å². The van der Waals surface area contributed by atoms with Gasteiger partial charge in [-0.25, -0.2) is 4.79 Å². The number of hydrogen-bond acceptors (Lipinski definition) is 3. The number of benzene rings is 1. The second-order valence-electron chi connectivity index (χ2n) is 6.20. The molecule has 0 spiro atoms. The molecule has 2 N–H and O–H groups in total. The van der Waals surface area contributed by atoms with Gasteiger partial charge in [0, 0.05) is 22.2 Å². The first kappa shape index (κ1) is 17.1. The second-order valence-corrected chi connectivity index (χ2v) is 7.04. The molecule has 22 heavy (non-hydrogen) atoms. The second kappa shape index (κ2) is 5.72. The van der Waals surface area contributed by atoms with Crippen LogP contribution in [-0.4, -0.2) is 34.1 Å². The number of carbonyl (C=O) groups is 2. The first-order valence-electron chi connectivity index (χ1n) is 6.86. The normalized spacial score (nSPS) is 22.2. The number of carbonyl (C=O) groups excluding carboxylic acids is 2. The third kappa shape index (κ3) is 3.21. The van der Waals surface area contributed by atoms with E-state index < -0.39 is 23.1 Å². The number of nitrogens with one attached hydrogen (secondary N) is 1. The number of aliphatic hydroxyl groups is 1. The summed E-state index contributed by atoms with van der Waals surface area (Å²) >= 11 is 12.0. The van der Waals surface area contributed by atoms with E-state index in [1.165, 1.54) is 6.07 Å². The molecule has 0 aromatic heterocycles. The van der Waals surface area contributed by atoms with Crippen LogP contribution in [0.15, 0.2) is 18.2 Å². The van der Waals surface area contributed by atoms with Crippen molar-refractivity contribution < 1.29 is 14.7 Å². The maximum atomic E-state index is 12.7. The molecule has 1 atom stereocenters. The number of amides is 3. The Labute approximate surface area is 139 Å². The Morgan fingerprint density at radius 3 is 2.50 bits per heavy atom. The predicted octanol–water partition coefficient (Wildman–Crippen LogP) is 2.92. The topological polar surface area (TPSA) is 69.6 Å². The van der Waals surface area contributed by atoms with E-state index in [9.17, 15) is 14.7 Å². The Balaban J connectivity index is 2.29. The monoisotopic (exact) mass is 344 g/mol. The average Bonchev–Trinajstić information content (AvgIpc) is 2.57. The highest BCUT2D eigenvalue weighted by Gasteiger charge is 2.49. The van der Waals surface area contributed by atoms with Crippen molar-refractivity contribution in [2.75, 3.05) is 6.54 Å². The zero-order valence-electron chi connectivity index (χ0n) is 12.6. The van der Waals surface area contributed by atoms with Crippen molar-refractivity contribution in [2.24, 2.45) is 0 Å². The third-order valence-electron chi connectivity index (χ3n) is 3.69. The lowest BCUT2D eigenvalue weighted by molar-refractivity contribution is -0.131. The van der Waals surface area contributed by atoms with E-state index in [4.69, 9.17) is 23.2 Å². The molecule has 1 saturated heterocycles. The summed E-state index contributed by atoms with van der Waals surface area (Å²) in [5.41, 5.74) is -1.71. The van der Waals surface area contributed by atoms with E-state index in [0.29, 0.717) is 15.6 Å². The lowest BCUT2D eigenvalue weighted by Crippen LogP contribution is -2.41. The summed E-state index contributed by atoms with van der Waals surface area (Å²) in [7, 11) is 0. The van der Waals surface area contributed by atoms with Gasteiger partial charge < -0.3 is 10.4 Å². The van der Waals surface area contributed by atoms with Gasteiger partial charge in [0.1, 0.15) is 5.54 Å². The fourth-order valence-electron chi connectivity index (χ4n) is 2.36. The molecule has 0 saturated carbocycles. The maximum Gasteiger partial charge on any atom is 0.325 e. The van der Waals surface area contributed by atoms with E-state index in [1.807, 2.05) is 0 Å². The zero-order chi connectivity index (χ0) is 16.7. The van der Waals surface area contributed by atoms with Crippen LogP contribution in [0.3, 0.4) is 0 Å².